The summed E-state index contributed by atoms with van der Waals surface area (Å²) in [6.45, 7) is 3.55. The lowest BCUT2D eigenvalue weighted by atomic mass is 10.1. The van der Waals surface area contributed by atoms with Crippen molar-refractivity contribution in [2.75, 3.05) is 0 Å². The number of H-pyrrole nitrogens is 1. The smallest absolute Gasteiger partial charge is 0.282 e. The molecule has 1 aromatic carbocycles. The molecule has 7 heteroatoms. The molecule has 0 bridgehead atoms. The molecule has 0 saturated carbocycles. The van der Waals surface area contributed by atoms with Gasteiger partial charge in [-0.05, 0) is 32.0 Å². The van der Waals surface area contributed by atoms with Crippen LogP contribution in [0.1, 0.15) is 28.7 Å². The average Bonchev–Trinajstić information content (AvgIpc) is 2.82. The molecule has 0 atom stereocenters. The monoisotopic (exact) mass is 310 g/mol. The largest absolute Gasteiger partial charge is 0.291 e. The van der Waals surface area contributed by atoms with Gasteiger partial charge >= 0.3 is 0 Å². The van der Waals surface area contributed by atoms with Gasteiger partial charge in [-0.2, -0.15) is 10.2 Å². The quantitative estimate of drug-likeness (QED) is 0.675. The molecule has 0 radical (unpaired) electrons. The summed E-state index contributed by atoms with van der Waals surface area (Å²) in [7, 11) is 0. The second-order valence-electron chi connectivity index (χ2n) is 4.20. The fourth-order valence-corrected chi connectivity index (χ4v) is 2.11. The van der Waals surface area contributed by atoms with Gasteiger partial charge in [0.1, 0.15) is 0 Å². The minimum absolute atomic E-state index is 0.279. The van der Waals surface area contributed by atoms with Gasteiger partial charge in [-0.1, -0.05) is 29.3 Å². The topological polar surface area (TPSA) is 70.1 Å². The van der Waals surface area contributed by atoms with Gasteiger partial charge in [0.15, 0.2) is 5.69 Å². The fraction of sp³-hybridized carbons (Fsp3) is 0.154. The van der Waals surface area contributed by atoms with E-state index in [1.165, 1.54) is 0 Å². The predicted octanol–water partition coefficient (Wildman–Crippen LogP) is 3.18. The molecule has 1 aromatic heterocycles. The molecule has 0 aliphatic heterocycles. The molecule has 0 spiro atoms. The van der Waals surface area contributed by atoms with E-state index in [1.54, 1.807) is 31.2 Å². The van der Waals surface area contributed by atoms with Gasteiger partial charge in [0, 0.05) is 16.3 Å². The summed E-state index contributed by atoms with van der Waals surface area (Å²) in [5.74, 6) is -0.390. The third-order valence-corrected chi connectivity index (χ3v) is 3.13. The lowest BCUT2D eigenvalue weighted by molar-refractivity contribution is 0.0950. The van der Waals surface area contributed by atoms with E-state index in [9.17, 15) is 4.79 Å². The molecule has 0 saturated heterocycles. The van der Waals surface area contributed by atoms with Crippen LogP contribution in [0.5, 0.6) is 0 Å². The van der Waals surface area contributed by atoms with E-state index in [4.69, 9.17) is 23.2 Å². The number of hydrazone groups is 1. The first kappa shape index (κ1) is 14.6. The Morgan fingerprint density at radius 1 is 1.35 bits per heavy atom. The van der Waals surface area contributed by atoms with Crippen molar-refractivity contribution in [1.29, 1.82) is 0 Å². The van der Waals surface area contributed by atoms with Crippen LogP contribution in [0.15, 0.2) is 29.4 Å². The summed E-state index contributed by atoms with van der Waals surface area (Å²) in [6.07, 6.45) is 0. The van der Waals surface area contributed by atoms with Crippen molar-refractivity contribution in [2.24, 2.45) is 5.10 Å². The minimum atomic E-state index is -0.390. The van der Waals surface area contributed by atoms with Crippen LogP contribution in [0.3, 0.4) is 0 Å². The summed E-state index contributed by atoms with van der Waals surface area (Å²) >= 11 is 11.9. The van der Waals surface area contributed by atoms with Crippen molar-refractivity contribution in [3.8, 4) is 0 Å². The maximum Gasteiger partial charge on any atom is 0.291 e. The number of nitrogens with zero attached hydrogens (tertiary/aromatic N) is 2. The van der Waals surface area contributed by atoms with Crippen molar-refractivity contribution in [2.45, 2.75) is 13.8 Å². The third kappa shape index (κ3) is 3.37. The van der Waals surface area contributed by atoms with E-state index >= 15 is 0 Å². The van der Waals surface area contributed by atoms with E-state index in [-0.39, 0.29) is 5.69 Å². The van der Waals surface area contributed by atoms with E-state index in [0.717, 1.165) is 5.69 Å². The maximum absolute atomic E-state index is 11.8. The van der Waals surface area contributed by atoms with Crippen LogP contribution in [0, 0.1) is 6.92 Å². The van der Waals surface area contributed by atoms with Gasteiger partial charge in [-0.3, -0.25) is 9.89 Å². The van der Waals surface area contributed by atoms with Crippen LogP contribution in [-0.2, 0) is 0 Å². The van der Waals surface area contributed by atoms with E-state index < -0.39 is 5.91 Å². The Balaban J connectivity index is 2.13. The Morgan fingerprint density at radius 2 is 2.10 bits per heavy atom. The predicted molar refractivity (Wildman–Crippen MR) is 79.5 cm³/mol. The second kappa shape index (κ2) is 6.07. The lowest BCUT2D eigenvalue weighted by Crippen LogP contribution is -2.19. The van der Waals surface area contributed by atoms with E-state index in [0.29, 0.717) is 21.3 Å². The number of hydrogen-bond acceptors (Lipinski definition) is 3. The van der Waals surface area contributed by atoms with Crippen LogP contribution in [0.2, 0.25) is 10.0 Å². The third-order valence-electron chi connectivity index (χ3n) is 2.58. The zero-order chi connectivity index (χ0) is 14.7. The Labute approximate surface area is 126 Å². The van der Waals surface area contributed by atoms with Crippen molar-refractivity contribution in [3.63, 3.8) is 0 Å². The highest BCUT2D eigenvalue weighted by atomic mass is 35.5. The Kier molecular flexibility index (Phi) is 4.42. The summed E-state index contributed by atoms with van der Waals surface area (Å²) in [5, 5.41) is 11.6. The molecule has 1 amide bonds. The minimum Gasteiger partial charge on any atom is -0.282 e. The van der Waals surface area contributed by atoms with Gasteiger partial charge < -0.3 is 0 Å². The highest BCUT2D eigenvalue weighted by molar-refractivity contribution is 6.37. The number of aryl methyl sites for hydroxylation is 1. The Hall–Kier alpha value is -1.85. The van der Waals surface area contributed by atoms with Crippen LogP contribution >= 0.6 is 23.2 Å². The number of rotatable bonds is 3. The first-order valence-electron chi connectivity index (χ1n) is 5.79. The molecular weight excluding hydrogens is 299 g/mol. The summed E-state index contributed by atoms with van der Waals surface area (Å²) < 4.78 is 0. The highest BCUT2D eigenvalue weighted by Gasteiger charge is 2.09. The van der Waals surface area contributed by atoms with E-state index in [2.05, 4.69) is 20.7 Å². The van der Waals surface area contributed by atoms with Crippen molar-refractivity contribution in [1.82, 2.24) is 15.6 Å². The average molecular weight is 311 g/mol. The lowest BCUT2D eigenvalue weighted by Gasteiger charge is -2.04. The molecule has 2 aromatic rings. The van der Waals surface area contributed by atoms with Crippen molar-refractivity contribution >= 4 is 34.8 Å². The number of halogens is 2. The van der Waals surface area contributed by atoms with Gasteiger partial charge in [-0.25, -0.2) is 5.43 Å². The molecule has 0 unspecified atom stereocenters. The van der Waals surface area contributed by atoms with Gasteiger partial charge in [0.2, 0.25) is 0 Å². The molecule has 1 heterocycles. The van der Waals surface area contributed by atoms with E-state index in [1.807, 2.05) is 6.92 Å². The standard InChI is InChI=1S/C13H12Cl2N4O/c1-7-5-12(18-16-7)13(20)19-17-8(2)10-4-3-9(14)6-11(10)15/h3-6H,1-2H3,(H,16,18)(H,19,20)/b17-8-. The number of aromatic nitrogens is 2. The molecule has 0 aliphatic carbocycles. The molecule has 20 heavy (non-hydrogen) atoms. The number of benzene rings is 1. The number of nitrogens with one attached hydrogen (secondary N) is 2. The fourth-order valence-electron chi connectivity index (χ4n) is 1.57. The van der Waals surface area contributed by atoms with Crippen LogP contribution in [0.25, 0.3) is 0 Å². The molecule has 0 aliphatic rings. The van der Waals surface area contributed by atoms with Crippen molar-refractivity contribution < 1.29 is 4.79 Å². The molecule has 5 nitrogen and oxygen atoms in total. The molecule has 2 rings (SSSR count). The SMILES string of the molecule is C/C(=N/NC(=O)c1cc(C)[nH]n1)c1ccc(Cl)cc1Cl. The summed E-state index contributed by atoms with van der Waals surface area (Å²) in [4.78, 5) is 11.8. The number of carbonyl (C=O) groups is 1. The molecule has 104 valence electrons. The van der Waals surface area contributed by atoms with Crippen LogP contribution in [0.4, 0.5) is 0 Å². The highest BCUT2D eigenvalue weighted by Crippen LogP contribution is 2.21. The van der Waals surface area contributed by atoms with Gasteiger partial charge in [-0.15, -0.1) is 0 Å². The molecule has 2 N–H and O–H groups in total. The number of carbonyl (C=O) groups excluding carboxylic acids is 1. The van der Waals surface area contributed by atoms with Crippen molar-refractivity contribution in [3.05, 3.63) is 51.3 Å². The van der Waals surface area contributed by atoms with Gasteiger partial charge in [0.05, 0.1) is 10.7 Å². The normalized spacial score (nSPS) is 11.5. The number of hydrogen-bond donors (Lipinski definition) is 2. The molecular formula is C13H12Cl2N4O. The van der Waals surface area contributed by atoms with Crippen LogP contribution in [-0.4, -0.2) is 21.8 Å². The molecule has 0 fully saturated rings. The number of aromatic amines is 1. The zero-order valence-electron chi connectivity index (χ0n) is 10.9. The first-order chi connectivity index (χ1) is 9.47. The number of amides is 1. The maximum atomic E-state index is 11.8. The van der Waals surface area contributed by atoms with Crippen LogP contribution < -0.4 is 5.43 Å². The Morgan fingerprint density at radius 3 is 2.70 bits per heavy atom. The summed E-state index contributed by atoms with van der Waals surface area (Å²) in [5.41, 5.74) is 4.79. The zero-order valence-corrected chi connectivity index (χ0v) is 12.4. The Bertz CT molecular complexity index is 679. The second-order valence-corrected chi connectivity index (χ2v) is 5.04. The first-order valence-corrected chi connectivity index (χ1v) is 6.55. The summed E-state index contributed by atoms with van der Waals surface area (Å²) in [6, 6.07) is 6.71. The van der Waals surface area contributed by atoms with Gasteiger partial charge in [0.25, 0.3) is 5.91 Å².